The zero-order valence-electron chi connectivity index (χ0n) is 18.7. The summed E-state index contributed by atoms with van der Waals surface area (Å²) in [5, 5.41) is 11.5. The molecule has 0 aliphatic heterocycles. The van der Waals surface area contributed by atoms with Crippen molar-refractivity contribution in [1.29, 1.82) is 0 Å². The van der Waals surface area contributed by atoms with E-state index in [0.717, 1.165) is 34.9 Å². The van der Waals surface area contributed by atoms with E-state index in [4.69, 9.17) is 10.5 Å². The molecule has 1 atom stereocenters. The molecule has 168 valence electrons. The number of nitrogen functional groups attached to an aromatic ring is 1. The van der Waals surface area contributed by atoms with Gasteiger partial charge >= 0.3 is 0 Å². The maximum Gasteiger partial charge on any atom is 0.253 e. The lowest BCUT2D eigenvalue weighted by molar-refractivity contribution is -0.0671. The van der Waals surface area contributed by atoms with Crippen molar-refractivity contribution in [3.63, 3.8) is 0 Å². The van der Waals surface area contributed by atoms with E-state index in [0.29, 0.717) is 16.8 Å². The van der Waals surface area contributed by atoms with E-state index >= 15 is 0 Å². The van der Waals surface area contributed by atoms with Crippen molar-refractivity contribution in [2.75, 3.05) is 12.3 Å². The molecule has 0 radical (unpaired) electrons. The van der Waals surface area contributed by atoms with Gasteiger partial charge in [-0.2, -0.15) is 0 Å². The summed E-state index contributed by atoms with van der Waals surface area (Å²) in [4.78, 5) is 21.2. The Bertz CT molecular complexity index is 1370. The maximum atomic E-state index is 12.2. The van der Waals surface area contributed by atoms with Crippen LogP contribution in [0.15, 0.2) is 65.6 Å². The molecule has 3 N–H and O–H groups in total. The fourth-order valence-electron chi connectivity index (χ4n) is 4.31. The quantitative estimate of drug-likeness (QED) is 0.475. The molecule has 33 heavy (non-hydrogen) atoms. The van der Waals surface area contributed by atoms with Crippen molar-refractivity contribution in [2.24, 2.45) is 7.05 Å². The molecule has 2 aromatic heterocycles. The third-order valence-electron chi connectivity index (χ3n) is 6.15. The second-order valence-corrected chi connectivity index (χ2v) is 8.66. The minimum atomic E-state index is -1.17. The lowest BCUT2D eigenvalue weighted by Gasteiger charge is -2.33. The van der Waals surface area contributed by atoms with Gasteiger partial charge in [-0.25, -0.2) is 9.97 Å². The Labute approximate surface area is 191 Å². The SMILES string of the molecule is Cc1cc(-c2ccc3nc(N)nc([C@@](CO)(OC4CC4)c4ccccc4)c3c2)cn(C)c1=O. The molecule has 0 amide bonds. The van der Waals surface area contributed by atoms with Crippen LogP contribution in [0.2, 0.25) is 0 Å². The smallest absolute Gasteiger partial charge is 0.253 e. The molecule has 2 heterocycles. The summed E-state index contributed by atoms with van der Waals surface area (Å²) in [5.41, 5.74) is 9.38. The van der Waals surface area contributed by atoms with Crippen molar-refractivity contribution in [3.05, 3.63) is 88.0 Å². The molecular weight excluding hydrogens is 416 g/mol. The third kappa shape index (κ3) is 3.79. The van der Waals surface area contributed by atoms with Crippen molar-refractivity contribution in [1.82, 2.24) is 14.5 Å². The number of ether oxygens (including phenoxy) is 1. The van der Waals surface area contributed by atoms with Crippen molar-refractivity contribution < 1.29 is 9.84 Å². The molecule has 0 spiro atoms. The van der Waals surface area contributed by atoms with E-state index in [2.05, 4.69) is 9.97 Å². The van der Waals surface area contributed by atoms with Gasteiger partial charge < -0.3 is 20.1 Å². The minimum absolute atomic E-state index is 0.0301. The Kier molecular flexibility index (Phi) is 5.23. The van der Waals surface area contributed by atoms with Gasteiger partial charge in [0.05, 0.1) is 23.9 Å². The van der Waals surface area contributed by atoms with E-state index in [9.17, 15) is 9.90 Å². The van der Waals surface area contributed by atoms with Crippen LogP contribution in [0.4, 0.5) is 5.95 Å². The number of aliphatic hydroxyl groups excluding tert-OH is 1. The normalized spacial score (nSPS) is 15.5. The van der Waals surface area contributed by atoms with Crippen LogP contribution in [0.25, 0.3) is 22.0 Å². The standard InChI is InChI=1S/C26H26N4O3/c1-16-12-18(14-30(2)24(16)32)17-8-11-22-21(13-17)23(29-25(27)28-22)26(15-31,33-20-9-10-20)19-6-4-3-5-7-19/h3-8,11-14,20,31H,9-10,15H2,1-2H3,(H2,27,28,29)/t26-/m0/s1. The average Bonchev–Trinajstić information content (AvgIpc) is 3.64. The molecule has 4 aromatic rings. The highest BCUT2D eigenvalue weighted by atomic mass is 16.5. The summed E-state index contributed by atoms with van der Waals surface area (Å²) in [7, 11) is 1.74. The monoisotopic (exact) mass is 442 g/mol. The molecule has 1 aliphatic rings. The highest BCUT2D eigenvalue weighted by Gasteiger charge is 2.43. The predicted molar refractivity (Wildman–Crippen MR) is 128 cm³/mol. The fraction of sp³-hybridized carbons (Fsp3) is 0.269. The number of hydrogen-bond acceptors (Lipinski definition) is 6. The number of rotatable bonds is 6. The lowest BCUT2D eigenvalue weighted by Crippen LogP contribution is -2.37. The van der Waals surface area contributed by atoms with Gasteiger partial charge in [-0.1, -0.05) is 36.4 Å². The van der Waals surface area contributed by atoms with Crippen LogP contribution in [0, 0.1) is 6.92 Å². The van der Waals surface area contributed by atoms with Gasteiger partial charge in [-0.3, -0.25) is 4.79 Å². The van der Waals surface area contributed by atoms with Crippen LogP contribution in [0.3, 0.4) is 0 Å². The number of nitrogens with two attached hydrogens (primary N) is 1. The van der Waals surface area contributed by atoms with Crippen LogP contribution in [0.1, 0.15) is 29.7 Å². The lowest BCUT2D eigenvalue weighted by atomic mass is 9.87. The van der Waals surface area contributed by atoms with Crippen LogP contribution in [0.5, 0.6) is 0 Å². The van der Waals surface area contributed by atoms with Gasteiger partial charge in [0.25, 0.3) is 5.56 Å². The van der Waals surface area contributed by atoms with E-state index < -0.39 is 5.60 Å². The number of nitrogens with zero attached hydrogens (tertiary/aromatic N) is 3. The molecule has 1 saturated carbocycles. The number of aliphatic hydroxyl groups is 1. The predicted octanol–water partition coefficient (Wildman–Crippen LogP) is 3.30. The van der Waals surface area contributed by atoms with E-state index in [1.54, 1.807) is 18.5 Å². The largest absolute Gasteiger partial charge is 0.393 e. The summed E-state index contributed by atoms with van der Waals surface area (Å²) < 4.78 is 8.07. The van der Waals surface area contributed by atoms with Crippen LogP contribution in [-0.2, 0) is 17.4 Å². The number of benzene rings is 2. The first-order valence-corrected chi connectivity index (χ1v) is 11.0. The molecule has 7 nitrogen and oxygen atoms in total. The first kappa shape index (κ1) is 21.3. The number of hydrogen-bond donors (Lipinski definition) is 2. The van der Waals surface area contributed by atoms with Gasteiger partial charge in [0.2, 0.25) is 5.95 Å². The summed E-state index contributed by atoms with van der Waals surface area (Å²) in [5.74, 6) is 0.122. The third-order valence-corrected chi connectivity index (χ3v) is 6.15. The second-order valence-electron chi connectivity index (χ2n) is 8.66. The van der Waals surface area contributed by atoms with Crippen LogP contribution in [-0.4, -0.2) is 32.4 Å². The van der Waals surface area contributed by atoms with Gasteiger partial charge in [-0.05, 0) is 54.7 Å². The summed E-state index contributed by atoms with van der Waals surface area (Å²) in [6, 6.07) is 17.3. The molecule has 7 heteroatoms. The topological polar surface area (TPSA) is 103 Å². The van der Waals surface area contributed by atoms with Gasteiger partial charge in [-0.15, -0.1) is 0 Å². The van der Waals surface area contributed by atoms with Crippen molar-refractivity contribution >= 4 is 16.9 Å². The molecule has 2 aromatic carbocycles. The van der Waals surface area contributed by atoms with Crippen molar-refractivity contribution in [3.8, 4) is 11.1 Å². The van der Waals surface area contributed by atoms with E-state index in [1.165, 1.54) is 0 Å². The van der Waals surface area contributed by atoms with E-state index in [-0.39, 0.29) is 24.2 Å². The zero-order valence-corrected chi connectivity index (χ0v) is 18.7. The highest BCUT2D eigenvalue weighted by Crippen LogP contribution is 2.42. The molecule has 0 unspecified atom stereocenters. The highest BCUT2D eigenvalue weighted by molar-refractivity contribution is 5.88. The van der Waals surface area contributed by atoms with Gasteiger partial charge in [0, 0.05) is 24.2 Å². The molecule has 5 rings (SSSR count). The average molecular weight is 443 g/mol. The molecule has 1 fully saturated rings. The fourth-order valence-corrected chi connectivity index (χ4v) is 4.31. The van der Waals surface area contributed by atoms with Crippen LogP contribution >= 0.6 is 0 Å². The maximum absolute atomic E-state index is 12.2. The number of pyridine rings is 1. The Morgan fingerprint density at radius 2 is 1.88 bits per heavy atom. The Hall–Kier alpha value is -3.55. The Balaban J connectivity index is 1.77. The summed E-state index contributed by atoms with van der Waals surface area (Å²) in [6.07, 6.45) is 3.75. The molecular formula is C26H26N4O3. The minimum Gasteiger partial charge on any atom is -0.393 e. The van der Waals surface area contributed by atoms with Gasteiger partial charge in [0.15, 0.2) is 5.60 Å². The Morgan fingerprint density at radius 3 is 2.55 bits per heavy atom. The first-order valence-electron chi connectivity index (χ1n) is 11.0. The van der Waals surface area contributed by atoms with Crippen molar-refractivity contribution in [2.45, 2.75) is 31.5 Å². The number of aryl methyl sites for hydroxylation is 2. The zero-order chi connectivity index (χ0) is 23.2. The van der Waals surface area contributed by atoms with E-state index in [1.807, 2.05) is 60.8 Å². The second kappa shape index (κ2) is 8.10. The van der Waals surface area contributed by atoms with Crippen LogP contribution < -0.4 is 11.3 Å². The number of anilines is 1. The molecule has 0 saturated heterocycles. The summed E-state index contributed by atoms with van der Waals surface area (Å²) in [6.45, 7) is 1.51. The summed E-state index contributed by atoms with van der Waals surface area (Å²) >= 11 is 0. The van der Waals surface area contributed by atoms with Gasteiger partial charge in [0.1, 0.15) is 0 Å². The Morgan fingerprint density at radius 1 is 1.12 bits per heavy atom. The molecule has 0 bridgehead atoms. The first-order chi connectivity index (χ1) is 15.9. The number of aromatic nitrogens is 3. The molecule has 1 aliphatic carbocycles. The number of fused-ring (bicyclic) bond motifs is 1.